The zero-order chi connectivity index (χ0) is 9.72. The number of nitrogens with one attached hydrogen (secondary N) is 2. The lowest BCUT2D eigenvalue weighted by atomic mass is 10.2. The highest BCUT2D eigenvalue weighted by atomic mass is 16.7. The summed E-state index contributed by atoms with van der Waals surface area (Å²) < 4.78 is 0. The van der Waals surface area contributed by atoms with Gasteiger partial charge in [-0.15, -0.1) is 10.9 Å². The number of hydrazine groups is 2. The first kappa shape index (κ1) is 10.4. The lowest BCUT2D eigenvalue weighted by Gasteiger charge is -2.13. The van der Waals surface area contributed by atoms with Crippen LogP contribution in [0.25, 0.3) is 0 Å². The van der Waals surface area contributed by atoms with Crippen LogP contribution in [0.2, 0.25) is 0 Å². The molecule has 0 fully saturated rings. The lowest BCUT2D eigenvalue weighted by Crippen LogP contribution is -2.48. The van der Waals surface area contributed by atoms with Crippen LogP contribution in [0.4, 0.5) is 0 Å². The van der Waals surface area contributed by atoms with Crippen LogP contribution < -0.4 is 10.9 Å². The monoisotopic (exact) mass is 178 g/mol. The number of hydrogen-bond acceptors (Lipinski definition) is 4. The highest BCUT2D eigenvalue weighted by Gasteiger charge is 2.19. The van der Waals surface area contributed by atoms with Gasteiger partial charge in [0.25, 0.3) is 0 Å². The van der Waals surface area contributed by atoms with Crippen LogP contribution in [0.5, 0.6) is 0 Å². The van der Waals surface area contributed by atoms with Crippen LogP contribution in [0, 0.1) is 20.2 Å². The maximum atomic E-state index is 9.90. The van der Waals surface area contributed by atoms with Crippen LogP contribution in [-0.2, 0) is 0 Å². The van der Waals surface area contributed by atoms with Crippen LogP contribution in [0.15, 0.2) is 0 Å². The minimum atomic E-state index is -0.733. The largest absolute Gasteiger partial charge is 0.235 e. The SMILES string of the molecule is CC(N[N+](=O)[O-])C(C)N[N+](=O)[O-]. The molecule has 8 heteroatoms. The highest BCUT2D eigenvalue weighted by Crippen LogP contribution is 1.90. The molecule has 0 bridgehead atoms. The molecule has 0 radical (unpaired) electrons. The first-order chi connectivity index (χ1) is 5.43. The fraction of sp³-hybridized carbons (Fsp3) is 1.00. The molecule has 0 heterocycles. The molecular formula is C4H10N4O4. The van der Waals surface area contributed by atoms with E-state index in [9.17, 15) is 20.2 Å². The van der Waals surface area contributed by atoms with Gasteiger partial charge >= 0.3 is 0 Å². The standard InChI is InChI=1S/C4H10N4O4/c1-3(5-7(9)10)4(2)6-8(11)12/h3-6H,1-2H3. The Kier molecular flexibility index (Phi) is 3.74. The number of nitrogens with zero attached hydrogens (tertiary/aromatic N) is 2. The van der Waals surface area contributed by atoms with E-state index in [1.807, 2.05) is 10.9 Å². The van der Waals surface area contributed by atoms with Crippen molar-refractivity contribution < 1.29 is 10.1 Å². The third-order valence-corrected chi connectivity index (χ3v) is 1.37. The van der Waals surface area contributed by atoms with Gasteiger partial charge in [-0.2, -0.15) is 0 Å². The molecule has 8 nitrogen and oxygen atoms in total. The molecule has 0 aliphatic carbocycles. The normalized spacial score (nSPS) is 14.5. The van der Waals surface area contributed by atoms with Gasteiger partial charge in [0, 0.05) is 0 Å². The quantitative estimate of drug-likeness (QED) is 0.426. The predicted molar refractivity (Wildman–Crippen MR) is 39.2 cm³/mol. The van der Waals surface area contributed by atoms with E-state index in [0.29, 0.717) is 0 Å². The second-order valence-electron chi connectivity index (χ2n) is 2.35. The van der Waals surface area contributed by atoms with Gasteiger partial charge in [-0.1, -0.05) is 0 Å². The number of rotatable bonds is 5. The molecule has 2 atom stereocenters. The Labute approximate surface area is 68.2 Å². The Bertz CT molecular complexity index is 164. The smallest absolute Gasteiger partial charge is 0.157 e. The van der Waals surface area contributed by atoms with Crippen molar-refractivity contribution in [3.8, 4) is 0 Å². The number of hydrogen-bond donors (Lipinski definition) is 2. The van der Waals surface area contributed by atoms with Gasteiger partial charge in [-0.3, -0.25) is 0 Å². The Morgan fingerprint density at radius 1 is 1.00 bits per heavy atom. The van der Waals surface area contributed by atoms with Gasteiger partial charge in [0.15, 0.2) is 10.1 Å². The Morgan fingerprint density at radius 2 is 1.25 bits per heavy atom. The van der Waals surface area contributed by atoms with Crippen molar-refractivity contribution in [3.63, 3.8) is 0 Å². The van der Waals surface area contributed by atoms with Crippen molar-refractivity contribution in [2.45, 2.75) is 25.9 Å². The molecule has 0 aromatic carbocycles. The molecule has 0 amide bonds. The second-order valence-corrected chi connectivity index (χ2v) is 2.35. The molecule has 70 valence electrons. The Hall–Kier alpha value is -1.60. The van der Waals surface area contributed by atoms with E-state index >= 15 is 0 Å². The zero-order valence-electron chi connectivity index (χ0n) is 6.68. The maximum Gasteiger partial charge on any atom is 0.157 e. The summed E-state index contributed by atoms with van der Waals surface area (Å²) in [6.07, 6.45) is 0. The first-order valence-corrected chi connectivity index (χ1v) is 3.24. The molecule has 0 aromatic rings. The van der Waals surface area contributed by atoms with E-state index < -0.39 is 22.1 Å². The highest BCUT2D eigenvalue weighted by molar-refractivity contribution is 4.66. The summed E-state index contributed by atoms with van der Waals surface area (Å²) in [5, 5.41) is 18.3. The molecule has 0 spiro atoms. The molecule has 0 aliphatic heterocycles. The fourth-order valence-electron chi connectivity index (χ4n) is 0.556. The van der Waals surface area contributed by atoms with Crippen molar-refractivity contribution in [3.05, 3.63) is 20.2 Å². The van der Waals surface area contributed by atoms with E-state index in [1.165, 1.54) is 13.8 Å². The minimum absolute atomic E-state index is 0.606. The second kappa shape index (κ2) is 4.31. The Morgan fingerprint density at radius 3 is 1.42 bits per heavy atom. The van der Waals surface area contributed by atoms with Crippen LogP contribution in [0.1, 0.15) is 13.8 Å². The third-order valence-electron chi connectivity index (χ3n) is 1.37. The Balaban J connectivity index is 3.83. The molecule has 0 rings (SSSR count). The topological polar surface area (TPSA) is 110 Å². The van der Waals surface area contributed by atoms with Gasteiger partial charge in [0.05, 0.1) is 0 Å². The van der Waals surface area contributed by atoms with E-state index in [2.05, 4.69) is 0 Å². The summed E-state index contributed by atoms with van der Waals surface area (Å²) in [4.78, 5) is 19.8. The van der Waals surface area contributed by atoms with Gasteiger partial charge in [0.2, 0.25) is 0 Å². The fourth-order valence-corrected chi connectivity index (χ4v) is 0.556. The van der Waals surface area contributed by atoms with Gasteiger partial charge in [0.1, 0.15) is 12.1 Å². The summed E-state index contributed by atoms with van der Waals surface area (Å²) in [5.41, 5.74) is 3.81. The molecule has 12 heavy (non-hydrogen) atoms. The molecule has 0 saturated heterocycles. The molecule has 0 aromatic heterocycles. The molecule has 0 saturated carbocycles. The maximum absolute atomic E-state index is 9.90. The average molecular weight is 178 g/mol. The minimum Gasteiger partial charge on any atom is -0.235 e. The van der Waals surface area contributed by atoms with Crippen LogP contribution >= 0.6 is 0 Å². The lowest BCUT2D eigenvalue weighted by molar-refractivity contribution is -0.568. The van der Waals surface area contributed by atoms with Gasteiger partial charge < -0.3 is 0 Å². The van der Waals surface area contributed by atoms with E-state index in [1.54, 1.807) is 0 Å². The summed E-state index contributed by atoms with van der Waals surface area (Å²) in [7, 11) is 0. The van der Waals surface area contributed by atoms with Crippen LogP contribution in [0.3, 0.4) is 0 Å². The molecule has 2 unspecified atom stereocenters. The van der Waals surface area contributed by atoms with Crippen molar-refractivity contribution in [1.29, 1.82) is 0 Å². The summed E-state index contributed by atoms with van der Waals surface area (Å²) in [6, 6.07) is -1.21. The van der Waals surface area contributed by atoms with Gasteiger partial charge in [-0.05, 0) is 13.8 Å². The van der Waals surface area contributed by atoms with Crippen molar-refractivity contribution in [1.82, 2.24) is 10.9 Å². The van der Waals surface area contributed by atoms with E-state index in [-0.39, 0.29) is 0 Å². The predicted octanol–water partition coefficient (Wildman–Crippen LogP) is -0.674. The average Bonchev–Trinajstić information content (AvgIpc) is 1.84. The van der Waals surface area contributed by atoms with Crippen molar-refractivity contribution >= 4 is 0 Å². The summed E-state index contributed by atoms with van der Waals surface area (Å²) in [6.45, 7) is 2.95. The zero-order valence-corrected chi connectivity index (χ0v) is 6.68. The summed E-state index contributed by atoms with van der Waals surface area (Å²) >= 11 is 0. The summed E-state index contributed by atoms with van der Waals surface area (Å²) in [5.74, 6) is 0. The van der Waals surface area contributed by atoms with E-state index in [4.69, 9.17) is 0 Å². The van der Waals surface area contributed by atoms with Crippen molar-refractivity contribution in [2.75, 3.05) is 0 Å². The molecule has 0 aliphatic rings. The third kappa shape index (κ3) is 4.25. The molecule has 2 N–H and O–H groups in total. The first-order valence-electron chi connectivity index (χ1n) is 3.24. The van der Waals surface area contributed by atoms with Crippen molar-refractivity contribution in [2.24, 2.45) is 0 Å². The van der Waals surface area contributed by atoms with Crippen LogP contribution in [-0.4, -0.2) is 22.1 Å². The van der Waals surface area contributed by atoms with Gasteiger partial charge in [-0.25, -0.2) is 20.2 Å². The van der Waals surface area contributed by atoms with E-state index in [0.717, 1.165) is 0 Å². The number of nitro groups is 2. The molecular weight excluding hydrogens is 168 g/mol.